The van der Waals surface area contributed by atoms with E-state index in [0.717, 1.165) is 27.0 Å². The molecule has 1 aromatic rings. The molecule has 26 heavy (non-hydrogen) atoms. The number of rotatable bonds is 5. The van der Waals surface area contributed by atoms with E-state index in [1.54, 1.807) is 0 Å². The van der Waals surface area contributed by atoms with Gasteiger partial charge in [0.15, 0.2) is 0 Å². The highest BCUT2D eigenvalue weighted by molar-refractivity contribution is 7.89. The van der Waals surface area contributed by atoms with Gasteiger partial charge in [-0.2, -0.15) is 8.61 Å². The molecule has 0 saturated carbocycles. The van der Waals surface area contributed by atoms with Crippen LogP contribution in [0.5, 0.6) is 0 Å². The first-order chi connectivity index (χ1) is 11.9. The van der Waals surface area contributed by atoms with Crippen LogP contribution in [-0.4, -0.2) is 82.3 Å². The van der Waals surface area contributed by atoms with Gasteiger partial charge in [-0.05, 0) is 12.1 Å². The van der Waals surface area contributed by atoms with Gasteiger partial charge in [-0.1, -0.05) is 0 Å². The second kappa shape index (κ2) is 7.55. The van der Waals surface area contributed by atoms with Crippen molar-refractivity contribution >= 4 is 26.0 Å². The minimum Gasteiger partial charge on any atom is -0.339 e. The van der Waals surface area contributed by atoms with Crippen molar-refractivity contribution in [3.63, 3.8) is 0 Å². The number of carbonyl (C=O) groups is 1. The Morgan fingerprint density at radius 1 is 1.12 bits per heavy atom. The van der Waals surface area contributed by atoms with Crippen LogP contribution in [0.25, 0.3) is 0 Å². The van der Waals surface area contributed by atoms with E-state index >= 15 is 0 Å². The van der Waals surface area contributed by atoms with Gasteiger partial charge in [-0.3, -0.25) is 4.79 Å². The topological polar surface area (TPSA) is 95.1 Å². The molecule has 1 aliphatic rings. The summed E-state index contributed by atoms with van der Waals surface area (Å²) in [6, 6.07) is 2.21. The van der Waals surface area contributed by atoms with Gasteiger partial charge in [-0.25, -0.2) is 25.6 Å². The molecule has 1 fully saturated rings. The van der Waals surface area contributed by atoms with E-state index in [1.165, 1.54) is 11.9 Å². The van der Waals surface area contributed by atoms with Crippen molar-refractivity contribution in [1.29, 1.82) is 0 Å². The number of sulfonamides is 2. The molecule has 0 radical (unpaired) electrons. The van der Waals surface area contributed by atoms with Crippen LogP contribution in [0.1, 0.15) is 0 Å². The number of carbonyl (C=O) groups excluding carboxylic acids is 1. The quantitative estimate of drug-likeness (QED) is 0.662. The molecule has 0 aromatic heterocycles. The number of benzene rings is 1. The van der Waals surface area contributed by atoms with Crippen LogP contribution in [0.4, 0.5) is 8.78 Å². The van der Waals surface area contributed by atoms with Gasteiger partial charge in [0, 0.05) is 39.3 Å². The van der Waals surface area contributed by atoms with E-state index in [-0.39, 0.29) is 32.7 Å². The zero-order valence-electron chi connectivity index (χ0n) is 14.2. The predicted molar refractivity (Wildman–Crippen MR) is 89.2 cm³/mol. The fourth-order valence-corrected chi connectivity index (χ4v) is 4.22. The van der Waals surface area contributed by atoms with Crippen molar-refractivity contribution in [2.24, 2.45) is 0 Å². The first kappa shape index (κ1) is 20.7. The number of amides is 1. The monoisotopic (exact) mass is 411 g/mol. The van der Waals surface area contributed by atoms with Crippen LogP contribution < -0.4 is 0 Å². The van der Waals surface area contributed by atoms with E-state index in [0.29, 0.717) is 6.07 Å². The summed E-state index contributed by atoms with van der Waals surface area (Å²) in [5, 5.41) is 0. The molecule has 1 saturated heterocycles. The van der Waals surface area contributed by atoms with E-state index in [9.17, 15) is 30.4 Å². The summed E-state index contributed by atoms with van der Waals surface area (Å²) in [4.78, 5) is 12.8. The van der Waals surface area contributed by atoms with Gasteiger partial charge in [-0.15, -0.1) is 0 Å². The summed E-state index contributed by atoms with van der Waals surface area (Å²) in [5.74, 6) is -2.52. The van der Waals surface area contributed by atoms with Gasteiger partial charge < -0.3 is 4.90 Å². The van der Waals surface area contributed by atoms with E-state index < -0.39 is 42.5 Å². The number of halogens is 2. The van der Waals surface area contributed by atoms with E-state index in [2.05, 4.69) is 0 Å². The van der Waals surface area contributed by atoms with Crippen LogP contribution in [0, 0.1) is 11.6 Å². The third kappa shape index (κ3) is 4.55. The van der Waals surface area contributed by atoms with E-state index in [4.69, 9.17) is 0 Å². The summed E-state index contributed by atoms with van der Waals surface area (Å²) in [6.45, 7) is -0.421. The van der Waals surface area contributed by atoms with Crippen molar-refractivity contribution in [3.8, 4) is 0 Å². The maximum atomic E-state index is 13.8. The smallest absolute Gasteiger partial charge is 0.246 e. The van der Waals surface area contributed by atoms with Gasteiger partial charge in [0.1, 0.15) is 16.5 Å². The molecule has 1 amide bonds. The molecule has 12 heteroatoms. The minimum absolute atomic E-state index is 0.0402. The molecule has 2 rings (SSSR count). The third-order valence-corrected chi connectivity index (χ3v) is 7.22. The molecule has 0 spiro atoms. The maximum absolute atomic E-state index is 13.8. The van der Waals surface area contributed by atoms with E-state index in [1.807, 2.05) is 0 Å². The molecule has 1 aromatic carbocycles. The average molecular weight is 411 g/mol. The van der Waals surface area contributed by atoms with Gasteiger partial charge >= 0.3 is 0 Å². The lowest BCUT2D eigenvalue weighted by atomic mass is 10.3. The summed E-state index contributed by atoms with van der Waals surface area (Å²) in [6.07, 6.45) is 0.974. The second-order valence-electron chi connectivity index (χ2n) is 5.88. The molecule has 0 N–H and O–H groups in total. The van der Waals surface area contributed by atoms with Crippen LogP contribution in [-0.2, 0) is 24.8 Å². The Hall–Kier alpha value is -1.63. The number of likely N-dealkylation sites (N-methyl/N-ethyl adjacent to an activating group) is 1. The Morgan fingerprint density at radius 2 is 1.69 bits per heavy atom. The standard InChI is InChI=1S/C14H19F2N3O5S2/c1-17(25(2,21)22)10-14(20)18-5-7-19(8-6-18)26(23,24)13-4-3-11(15)9-12(13)16/h3-4,9H,5-8,10H2,1-2H3. The summed E-state index contributed by atoms with van der Waals surface area (Å²) < 4.78 is 76.3. The molecule has 1 aliphatic heterocycles. The molecule has 0 unspecified atom stereocenters. The Morgan fingerprint density at radius 3 is 2.19 bits per heavy atom. The number of piperazine rings is 1. The minimum atomic E-state index is -4.16. The fourth-order valence-electron chi connectivity index (χ4n) is 2.41. The zero-order chi connectivity index (χ0) is 19.7. The normalized spacial score (nSPS) is 16.9. The molecule has 146 valence electrons. The van der Waals surface area contributed by atoms with Crippen molar-refractivity contribution < 1.29 is 30.4 Å². The number of hydrogen-bond donors (Lipinski definition) is 0. The number of hydrogen-bond acceptors (Lipinski definition) is 5. The highest BCUT2D eigenvalue weighted by atomic mass is 32.2. The second-order valence-corrected chi connectivity index (χ2v) is 9.87. The van der Waals surface area contributed by atoms with Crippen molar-refractivity contribution in [2.45, 2.75) is 4.90 Å². The first-order valence-corrected chi connectivity index (χ1v) is 10.9. The highest BCUT2D eigenvalue weighted by Crippen LogP contribution is 2.21. The Bertz CT molecular complexity index is 897. The lowest BCUT2D eigenvalue weighted by Crippen LogP contribution is -2.52. The van der Waals surface area contributed by atoms with Crippen LogP contribution in [0.15, 0.2) is 23.1 Å². The van der Waals surface area contributed by atoms with Crippen molar-refractivity contribution in [1.82, 2.24) is 13.5 Å². The summed E-state index contributed by atoms with van der Waals surface area (Å²) >= 11 is 0. The Balaban J connectivity index is 2.04. The largest absolute Gasteiger partial charge is 0.339 e. The van der Waals surface area contributed by atoms with Gasteiger partial charge in [0.25, 0.3) is 0 Å². The number of nitrogens with zero attached hydrogens (tertiary/aromatic N) is 3. The Labute approximate surface area is 151 Å². The first-order valence-electron chi connectivity index (χ1n) is 7.57. The zero-order valence-corrected chi connectivity index (χ0v) is 15.9. The molecule has 1 heterocycles. The van der Waals surface area contributed by atoms with Crippen molar-refractivity contribution in [3.05, 3.63) is 29.8 Å². The molecule has 0 bridgehead atoms. The molecular weight excluding hydrogens is 392 g/mol. The lowest BCUT2D eigenvalue weighted by Gasteiger charge is -2.34. The molecule has 8 nitrogen and oxygen atoms in total. The molecule has 0 atom stereocenters. The third-order valence-electron chi connectivity index (χ3n) is 4.03. The maximum Gasteiger partial charge on any atom is 0.246 e. The summed E-state index contributed by atoms with van der Waals surface area (Å²) in [7, 11) is -6.40. The fraction of sp³-hybridized carbons (Fsp3) is 0.500. The molecule has 0 aliphatic carbocycles. The lowest BCUT2D eigenvalue weighted by molar-refractivity contribution is -0.132. The Kier molecular flexibility index (Phi) is 6.00. The highest BCUT2D eigenvalue weighted by Gasteiger charge is 2.32. The van der Waals surface area contributed by atoms with Crippen LogP contribution in [0.3, 0.4) is 0 Å². The summed E-state index contributed by atoms with van der Waals surface area (Å²) in [5.41, 5.74) is 0. The predicted octanol–water partition coefficient (Wildman–Crippen LogP) is -0.311. The SMILES string of the molecule is CN(CC(=O)N1CCN(S(=O)(=O)c2ccc(F)cc2F)CC1)S(C)(=O)=O. The van der Waals surface area contributed by atoms with Crippen LogP contribution in [0.2, 0.25) is 0 Å². The van der Waals surface area contributed by atoms with Gasteiger partial charge in [0.05, 0.1) is 12.8 Å². The van der Waals surface area contributed by atoms with Crippen LogP contribution >= 0.6 is 0 Å². The average Bonchev–Trinajstić information content (AvgIpc) is 2.53. The van der Waals surface area contributed by atoms with Gasteiger partial charge in [0.2, 0.25) is 26.0 Å². The van der Waals surface area contributed by atoms with Crippen molar-refractivity contribution in [2.75, 3.05) is 46.0 Å². The molecular formula is C14H19F2N3O5S2.